The van der Waals surface area contributed by atoms with Gasteiger partial charge in [0.25, 0.3) is 0 Å². The molecule has 0 saturated carbocycles. The number of pyridine rings is 1. The van der Waals surface area contributed by atoms with Gasteiger partial charge in [0.15, 0.2) is 0 Å². The SMILES string of the molecule is O=C1COCC(c2cnccc2Oc2cccc(F)c2)N1CCN1CCCCC1. The third-order valence-electron chi connectivity index (χ3n) is 5.50. The molecule has 1 aromatic carbocycles. The Bertz CT molecular complexity index is 842. The number of carbonyl (C=O) groups excluding carboxylic acids is 1. The molecule has 0 bridgehead atoms. The molecule has 2 aromatic rings. The van der Waals surface area contributed by atoms with E-state index in [-0.39, 0.29) is 24.4 Å². The highest BCUT2D eigenvalue weighted by Gasteiger charge is 2.32. The van der Waals surface area contributed by atoms with E-state index >= 15 is 0 Å². The zero-order chi connectivity index (χ0) is 20.1. The molecular weight excluding hydrogens is 373 g/mol. The summed E-state index contributed by atoms with van der Waals surface area (Å²) in [5.41, 5.74) is 0.767. The molecule has 3 heterocycles. The van der Waals surface area contributed by atoms with Gasteiger partial charge in [-0.2, -0.15) is 0 Å². The van der Waals surface area contributed by atoms with Crippen LogP contribution >= 0.6 is 0 Å². The first kappa shape index (κ1) is 19.8. The summed E-state index contributed by atoms with van der Waals surface area (Å²) >= 11 is 0. The number of morpholine rings is 1. The molecule has 4 rings (SSSR count). The molecule has 0 spiro atoms. The van der Waals surface area contributed by atoms with Gasteiger partial charge in [0, 0.05) is 37.1 Å². The summed E-state index contributed by atoms with van der Waals surface area (Å²) < 4.78 is 25.0. The number of hydrogen-bond donors (Lipinski definition) is 0. The Hall–Kier alpha value is -2.51. The van der Waals surface area contributed by atoms with Crippen molar-refractivity contribution in [2.24, 2.45) is 0 Å². The van der Waals surface area contributed by atoms with Gasteiger partial charge in [-0.1, -0.05) is 12.5 Å². The van der Waals surface area contributed by atoms with Crippen molar-refractivity contribution in [1.29, 1.82) is 0 Å². The van der Waals surface area contributed by atoms with E-state index in [1.54, 1.807) is 30.6 Å². The molecule has 29 heavy (non-hydrogen) atoms. The zero-order valence-corrected chi connectivity index (χ0v) is 16.4. The molecule has 2 fully saturated rings. The first-order chi connectivity index (χ1) is 14.2. The topological polar surface area (TPSA) is 54.9 Å². The highest BCUT2D eigenvalue weighted by atomic mass is 19.1. The monoisotopic (exact) mass is 399 g/mol. The minimum atomic E-state index is -0.363. The normalized spacial score (nSPS) is 20.7. The van der Waals surface area contributed by atoms with Crippen LogP contribution in [-0.4, -0.2) is 60.1 Å². The Kier molecular flexibility index (Phi) is 6.36. The van der Waals surface area contributed by atoms with Crippen LogP contribution in [0.3, 0.4) is 0 Å². The van der Waals surface area contributed by atoms with Crippen molar-refractivity contribution >= 4 is 5.91 Å². The predicted octanol–water partition coefficient (Wildman–Crippen LogP) is 3.40. The number of amides is 1. The number of rotatable bonds is 6. The maximum Gasteiger partial charge on any atom is 0.249 e. The zero-order valence-electron chi connectivity index (χ0n) is 16.4. The third kappa shape index (κ3) is 4.92. The summed E-state index contributed by atoms with van der Waals surface area (Å²) in [6.45, 7) is 4.14. The van der Waals surface area contributed by atoms with E-state index in [1.807, 2.05) is 4.90 Å². The standard InChI is InChI=1S/C22H26FN3O3/c23-17-5-4-6-18(13-17)29-21-7-8-24-14-19(21)20-15-28-16-22(27)26(20)12-11-25-9-2-1-3-10-25/h4-8,13-14,20H,1-3,9-12,15-16H2. The number of aromatic nitrogens is 1. The van der Waals surface area contributed by atoms with Crippen LogP contribution in [0.25, 0.3) is 0 Å². The number of piperidine rings is 1. The van der Waals surface area contributed by atoms with Crippen LogP contribution in [0.4, 0.5) is 4.39 Å². The van der Waals surface area contributed by atoms with Gasteiger partial charge in [0.1, 0.15) is 23.9 Å². The van der Waals surface area contributed by atoms with Crippen LogP contribution < -0.4 is 4.74 Å². The van der Waals surface area contributed by atoms with Crippen molar-refractivity contribution in [3.8, 4) is 11.5 Å². The van der Waals surface area contributed by atoms with Crippen LogP contribution in [0.2, 0.25) is 0 Å². The second-order valence-corrected chi connectivity index (χ2v) is 7.49. The number of hydrogen-bond acceptors (Lipinski definition) is 5. The molecule has 2 aliphatic rings. The minimum Gasteiger partial charge on any atom is -0.457 e. The van der Waals surface area contributed by atoms with Gasteiger partial charge < -0.3 is 19.3 Å². The maximum absolute atomic E-state index is 13.5. The Morgan fingerprint density at radius 1 is 1.17 bits per heavy atom. The molecule has 1 aromatic heterocycles. The summed E-state index contributed by atoms with van der Waals surface area (Å²) in [4.78, 5) is 21.1. The van der Waals surface area contributed by atoms with E-state index in [0.717, 1.165) is 25.2 Å². The molecule has 2 aliphatic heterocycles. The fourth-order valence-corrected chi connectivity index (χ4v) is 3.97. The van der Waals surface area contributed by atoms with Crippen LogP contribution in [0, 0.1) is 5.82 Å². The average molecular weight is 399 g/mol. The van der Waals surface area contributed by atoms with E-state index < -0.39 is 0 Å². The second kappa shape index (κ2) is 9.33. The smallest absolute Gasteiger partial charge is 0.249 e. The lowest BCUT2D eigenvalue weighted by Crippen LogP contribution is -2.48. The quantitative estimate of drug-likeness (QED) is 0.745. The highest BCUT2D eigenvalue weighted by Crippen LogP contribution is 2.34. The molecule has 7 heteroatoms. The Morgan fingerprint density at radius 3 is 2.86 bits per heavy atom. The van der Waals surface area contributed by atoms with E-state index in [0.29, 0.717) is 24.7 Å². The van der Waals surface area contributed by atoms with Gasteiger partial charge in [-0.25, -0.2) is 4.39 Å². The van der Waals surface area contributed by atoms with Gasteiger partial charge in [-0.05, 0) is 44.1 Å². The molecule has 2 saturated heterocycles. The van der Waals surface area contributed by atoms with Gasteiger partial charge in [0.2, 0.25) is 5.91 Å². The van der Waals surface area contributed by atoms with Crippen LogP contribution in [0.5, 0.6) is 11.5 Å². The van der Waals surface area contributed by atoms with E-state index in [2.05, 4.69) is 9.88 Å². The molecule has 154 valence electrons. The Balaban J connectivity index is 1.53. The number of benzene rings is 1. The lowest BCUT2D eigenvalue weighted by atomic mass is 10.1. The number of carbonyl (C=O) groups is 1. The fraction of sp³-hybridized carbons (Fsp3) is 0.455. The Labute approximate surface area is 170 Å². The van der Waals surface area contributed by atoms with Crippen molar-refractivity contribution in [3.63, 3.8) is 0 Å². The van der Waals surface area contributed by atoms with Crippen LogP contribution in [-0.2, 0) is 9.53 Å². The van der Waals surface area contributed by atoms with Gasteiger partial charge >= 0.3 is 0 Å². The molecule has 6 nitrogen and oxygen atoms in total. The van der Waals surface area contributed by atoms with Gasteiger partial charge in [-0.15, -0.1) is 0 Å². The van der Waals surface area contributed by atoms with Crippen molar-refractivity contribution in [3.05, 3.63) is 54.1 Å². The highest BCUT2D eigenvalue weighted by molar-refractivity contribution is 5.78. The van der Waals surface area contributed by atoms with Crippen molar-refractivity contribution < 1.29 is 18.7 Å². The fourth-order valence-electron chi connectivity index (χ4n) is 3.97. The van der Waals surface area contributed by atoms with E-state index in [1.165, 1.54) is 31.4 Å². The third-order valence-corrected chi connectivity index (χ3v) is 5.50. The molecule has 0 radical (unpaired) electrons. The van der Waals surface area contributed by atoms with Crippen LogP contribution in [0.1, 0.15) is 30.9 Å². The van der Waals surface area contributed by atoms with E-state index in [4.69, 9.17) is 9.47 Å². The molecular formula is C22H26FN3O3. The summed E-state index contributed by atoms with van der Waals surface area (Å²) in [5, 5.41) is 0. The second-order valence-electron chi connectivity index (χ2n) is 7.49. The number of halogens is 1. The first-order valence-corrected chi connectivity index (χ1v) is 10.2. The molecule has 0 aliphatic carbocycles. The number of ether oxygens (including phenoxy) is 2. The van der Waals surface area contributed by atoms with Crippen molar-refractivity contribution in [2.45, 2.75) is 25.3 Å². The lowest BCUT2D eigenvalue weighted by molar-refractivity contribution is -0.148. The molecule has 1 unspecified atom stereocenters. The Morgan fingerprint density at radius 2 is 2.03 bits per heavy atom. The largest absolute Gasteiger partial charge is 0.457 e. The average Bonchev–Trinajstić information content (AvgIpc) is 2.74. The minimum absolute atomic E-state index is 0.0289. The lowest BCUT2D eigenvalue weighted by Gasteiger charge is -2.38. The van der Waals surface area contributed by atoms with Gasteiger partial charge in [0.05, 0.1) is 12.6 Å². The van der Waals surface area contributed by atoms with Crippen LogP contribution in [0.15, 0.2) is 42.7 Å². The maximum atomic E-state index is 13.5. The number of nitrogens with zero attached hydrogens (tertiary/aromatic N) is 3. The summed E-state index contributed by atoms with van der Waals surface area (Å²) in [5.74, 6) is 0.563. The summed E-state index contributed by atoms with van der Waals surface area (Å²) in [7, 11) is 0. The predicted molar refractivity (Wildman–Crippen MR) is 106 cm³/mol. The van der Waals surface area contributed by atoms with E-state index in [9.17, 15) is 9.18 Å². The van der Waals surface area contributed by atoms with Gasteiger partial charge in [-0.3, -0.25) is 9.78 Å². The van der Waals surface area contributed by atoms with Crippen molar-refractivity contribution in [2.75, 3.05) is 39.4 Å². The summed E-state index contributed by atoms with van der Waals surface area (Å²) in [6, 6.07) is 7.46. The molecule has 1 atom stereocenters. The first-order valence-electron chi connectivity index (χ1n) is 10.2. The van der Waals surface area contributed by atoms with Crippen molar-refractivity contribution in [1.82, 2.24) is 14.8 Å². The molecule has 0 N–H and O–H groups in total. The number of likely N-dealkylation sites (tertiary alicyclic amines) is 1. The molecule has 1 amide bonds. The summed E-state index contributed by atoms with van der Waals surface area (Å²) in [6.07, 6.45) is 7.05.